The molecule has 19 heavy (non-hydrogen) atoms. The molecular weight excluding hydrogens is 311 g/mol. The van der Waals surface area contributed by atoms with Gasteiger partial charge in [0.15, 0.2) is 0 Å². The summed E-state index contributed by atoms with van der Waals surface area (Å²) in [6.07, 6.45) is 1.75. The molecule has 0 aliphatic carbocycles. The largest absolute Gasteiger partial charge is 0.369 e. The average molecular weight is 329 g/mol. The van der Waals surface area contributed by atoms with E-state index in [1.807, 2.05) is 6.07 Å². The van der Waals surface area contributed by atoms with Crippen molar-refractivity contribution in [2.24, 2.45) is 11.7 Å². The van der Waals surface area contributed by atoms with Crippen molar-refractivity contribution in [1.82, 2.24) is 4.90 Å². The summed E-state index contributed by atoms with van der Waals surface area (Å²) in [5, 5.41) is 0. The summed E-state index contributed by atoms with van der Waals surface area (Å²) < 4.78 is 14.6. The number of halogens is 2. The molecule has 2 rings (SSSR count). The zero-order valence-corrected chi connectivity index (χ0v) is 12.5. The fourth-order valence-corrected chi connectivity index (χ4v) is 2.83. The quantitative estimate of drug-likeness (QED) is 0.927. The fraction of sp³-hybridized carbons (Fsp3) is 0.500. The number of hydrogen-bond acceptors (Lipinski definition) is 2. The highest BCUT2D eigenvalue weighted by Crippen LogP contribution is 2.25. The van der Waals surface area contributed by atoms with E-state index in [2.05, 4.69) is 27.8 Å². The maximum atomic E-state index is 13.8. The Kier molecular flexibility index (Phi) is 4.58. The van der Waals surface area contributed by atoms with Crippen LogP contribution < -0.4 is 5.73 Å². The molecule has 1 saturated heterocycles. The Balaban J connectivity index is 2.09. The number of rotatable bonds is 3. The summed E-state index contributed by atoms with van der Waals surface area (Å²) in [6, 6.07) is 5.42. The van der Waals surface area contributed by atoms with Crippen molar-refractivity contribution < 1.29 is 9.18 Å². The number of hydrogen-bond donors (Lipinski definition) is 1. The minimum Gasteiger partial charge on any atom is -0.369 e. The van der Waals surface area contributed by atoms with Gasteiger partial charge in [-0.1, -0.05) is 22.0 Å². The summed E-state index contributed by atoms with van der Waals surface area (Å²) in [4.78, 5) is 13.4. The Morgan fingerprint density at radius 3 is 2.89 bits per heavy atom. The lowest BCUT2D eigenvalue weighted by Gasteiger charge is -2.36. The molecule has 0 aromatic heterocycles. The molecule has 1 aliphatic heterocycles. The van der Waals surface area contributed by atoms with Crippen LogP contribution in [-0.4, -0.2) is 23.4 Å². The van der Waals surface area contributed by atoms with Crippen LogP contribution in [0.3, 0.4) is 0 Å². The number of primary amides is 1. The first-order valence-corrected chi connectivity index (χ1v) is 7.24. The number of carbonyl (C=O) groups excluding carboxylic acids is 1. The smallest absolute Gasteiger partial charge is 0.221 e. The van der Waals surface area contributed by atoms with Crippen LogP contribution in [0.25, 0.3) is 0 Å². The number of likely N-dealkylation sites (tertiary alicyclic amines) is 1. The van der Waals surface area contributed by atoms with Crippen molar-refractivity contribution in [3.05, 3.63) is 34.1 Å². The van der Waals surface area contributed by atoms with Crippen molar-refractivity contribution in [2.75, 3.05) is 6.54 Å². The van der Waals surface area contributed by atoms with Crippen LogP contribution in [0, 0.1) is 11.7 Å². The molecule has 0 bridgehead atoms. The molecule has 3 nitrogen and oxygen atoms in total. The van der Waals surface area contributed by atoms with Crippen LogP contribution in [0.15, 0.2) is 22.7 Å². The van der Waals surface area contributed by atoms with Crippen LogP contribution in [-0.2, 0) is 11.3 Å². The normalized spacial score (nSPS) is 24.4. The molecule has 1 amide bonds. The van der Waals surface area contributed by atoms with Crippen molar-refractivity contribution in [3.8, 4) is 0 Å². The van der Waals surface area contributed by atoms with Gasteiger partial charge in [-0.05, 0) is 31.9 Å². The van der Waals surface area contributed by atoms with Crippen molar-refractivity contribution in [1.29, 1.82) is 0 Å². The van der Waals surface area contributed by atoms with E-state index in [-0.39, 0.29) is 17.6 Å². The van der Waals surface area contributed by atoms with Crippen molar-refractivity contribution >= 4 is 21.8 Å². The highest BCUT2D eigenvalue weighted by atomic mass is 79.9. The van der Waals surface area contributed by atoms with Gasteiger partial charge in [0.2, 0.25) is 5.91 Å². The van der Waals surface area contributed by atoms with Gasteiger partial charge in [0.1, 0.15) is 5.82 Å². The van der Waals surface area contributed by atoms with Gasteiger partial charge in [-0.2, -0.15) is 0 Å². The van der Waals surface area contributed by atoms with E-state index < -0.39 is 0 Å². The Morgan fingerprint density at radius 1 is 1.53 bits per heavy atom. The minimum atomic E-state index is -0.256. The third-order valence-electron chi connectivity index (χ3n) is 3.80. The van der Waals surface area contributed by atoms with E-state index in [4.69, 9.17) is 5.73 Å². The Labute approximate surface area is 121 Å². The number of amides is 1. The van der Waals surface area contributed by atoms with E-state index in [1.54, 1.807) is 6.07 Å². The van der Waals surface area contributed by atoms with Crippen LogP contribution in [0.5, 0.6) is 0 Å². The molecule has 2 unspecified atom stereocenters. The second kappa shape index (κ2) is 6.01. The Bertz CT molecular complexity index is 481. The third-order valence-corrected chi connectivity index (χ3v) is 4.30. The van der Waals surface area contributed by atoms with Gasteiger partial charge in [0.25, 0.3) is 0 Å². The van der Waals surface area contributed by atoms with E-state index >= 15 is 0 Å². The second-order valence-corrected chi connectivity index (χ2v) is 6.11. The molecule has 1 aromatic rings. The second-order valence-electron chi connectivity index (χ2n) is 5.19. The molecule has 1 heterocycles. The first-order valence-electron chi connectivity index (χ1n) is 6.44. The lowest BCUT2D eigenvalue weighted by atomic mass is 9.92. The zero-order valence-electron chi connectivity index (χ0n) is 10.9. The molecule has 1 aromatic carbocycles. The summed E-state index contributed by atoms with van der Waals surface area (Å²) in [5.74, 6) is -0.592. The molecule has 0 spiro atoms. The monoisotopic (exact) mass is 328 g/mol. The van der Waals surface area contributed by atoms with Crippen LogP contribution in [0.2, 0.25) is 0 Å². The van der Waals surface area contributed by atoms with Gasteiger partial charge < -0.3 is 5.73 Å². The van der Waals surface area contributed by atoms with Crippen LogP contribution >= 0.6 is 15.9 Å². The summed E-state index contributed by atoms with van der Waals surface area (Å²) in [6.45, 7) is 3.24. The van der Waals surface area contributed by atoms with Gasteiger partial charge >= 0.3 is 0 Å². The van der Waals surface area contributed by atoms with Gasteiger partial charge in [-0.25, -0.2) is 4.39 Å². The van der Waals surface area contributed by atoms with Crippen LogP contribution in [0.4, 0.5) is 4.39 Å². The molecule has 0 saturated carbocycles. The SMILES string of the molecule is CC1CCC(C(N)=O)CN1Cc1ccc(Br)cc1F. The molecule has 1 aliphatic rings. The average Bonchev–Trinajstić information content (AvgIpc) is 2.34. The number of carbonyl (C=O) groups is 1. The molecular formula is C14H18BrFN2O. The topological polar surface area (TPSA) is 46.3 Å². The first-order chi connectivity index (χ1) is 8.97. The van der Waals surface area contributed by atoms with Gasteiger partial charge in [0, 0.05) is 29.2 Å². The summed E-state index contributed by atoms with van der Waals surface area (Å²) >= 11 is 3.25. The van der Waals surface area contributed by atoms with Crippen LogP contribution in [0.1, 0.15) is 25.3 Å². The number of benzene rings is 1. The van der Waals surface area contributed by atoms with Gasteiger partial charge in [-0.3, -0.25) is 9.69 Å². The highest BCUT2D eigenvalue weighted by Gasteiger charge is 2.28. The van der Waals surface area contributed by atoms with E-state index in [9.17, 15) is 9.18 Å². The van der Waals surface area contributed by atoms with E-state index in [0.29, 0.717) is 24.7 Å². The van der Waals surface area contributed by atoms with E-state index in [1.165, 1.54) is 6.07 Å². The Hall–Kier alpha value is -0.940. The van der Waals surface area contributed by atoms with Crippen molar-refractivity contribution in [3.63, 3.8) is 0 Å². The maximum absolute atomic E-state index is 13.8. The lowest BCUT2D eigenvalue weighted by molar-refractivity contribution is -0.124. The fourth-order valence-electron chi connectivity index (χ4n) is 2.50. The molecule has 2 N–H and O–H groups in total. The van der Waals surface area contributed by atoms with Gasteiger partial charge in [0.05, 0.1) is 5.92 Å². The first kappa shape index (κ1) is 14.5. The highest BCUT2D eigenvalue weighted by molar-refractivity contribution is 9.10. The zero-order chi connectivity index (χ0) is 14.0. The predicted octanol–water partition coefficient (Wildman–Crippen LogP) is 2.67. The molecule has 1 fully saturated rings. The van der Waals surface area contributed by atoms with E-state index in [0.717, 1.165) is 17.3 Å². The minimum absolute atomic E-state index is 0.116. The van der Waals surface area contributed by atoms with Gasteiger partial charge in [-0.15, -0.1) is 0 Å². The molecule has 104 valence electrons. The lowest BCUT2D eigenvalue weighted by Crippen LogP contribution is -2.45. The Morgan fingerprint density at radius 2 is 2.26 bits per heavy atom. The molecule has 2 atom stereocenters. The number of piperidine rings is 1. The number of nitrogens with zero attached hydrogens (tertiary/aromatic N) is 1. The predicted molar refractivity (Wildman–Crippen MR) is 75.9 cm³/mol. The third kappa shape index (κ3) is 3.54. The summed E-state index contributed by atoms with van der Waals surface area (Å²) in [5.41, 5.74) is 6.03. The summed E-state index contributed by atoms with van der Waals surface area (Å²) in [7, 11) is 0. The molecule has 5 heteroatoms. The number of nitrogens with two attached hydrogens (primary N) is 1. The standard InChI is InChI=1S/C14H18BrFN2O/c1-9-2-3-11(14(17)19)8-18(9)7-10-4-5-12(15)6-13(10)16/h4-6,9,11H,2-3,7-8H2,1H3,(H2,17,19). The molecule has 0 radical (unpaired) electrons. The maximum Gasteiger partial charge on any atom is 0.221 e. The van der Waals surface area contributed by atoms with Crippen molar-refractivity contribution in [2.45, 2.75) is 32.4 Å².